The average Bonchev–Trinajstić information content (AvgIpc) is 2.49. The predicted octanol–water partition coefficient (Wildman–Crippen LogP) is 1.48. The van der Waals surface area contributed by atoms with Gasteiger partial charge < -0.3 is 10.3 Å². The van der Waals surface area contributed by atoms with Crippen molar-refractivity contribution in [3.05, 3.63) is 40.6 Å². The van der Waals surface area contributed by atoms with Crippen molar-refractivity contribution in [3.63, 3.8) is 0 Å². The minimum absolute atomic E-state index is 0. The van der Waals surface area contributed by atoms with Gasteiger partial charge in [-0.1, -0.05) is 5.06 Å². The first-order valence-corrected chi connectivity index (χ1v) is 6.26. The molecule has 1 heterocycles. The summed E-state index contributed by atoms with van der Waals surface area (Å²) < 4.78 is 0.704. The van der Waals surface area contributed by atoms with Crippen LogP contribution in [0.4, 0.5) is 0 Å². The van der Waals surface area contributed by atoms with Crippen LogP contribution in [0.15, 0.2) is 24.3 Å². The van der Waals surface area contributed by atoms with Crippen molar-refractivity contribution in [3.8, 4) is 0 Å². The van der Waals surface area contributed by atoms with Crippen LogP contribution in [-0.4, -0.2) is 89.2 Å². The molecule has 1 aliphatic heterocycles. The normalized spacial score (nSPS) is 19.4. The molecule has 0 spiro atoms. The summed E-state index contributed by atoms with van der Waals surface area (Å²) in [4.78, 5) is 10.8. The number of carboxylic acids is 1. The smallest absolute Gasteiger partial charge is 0.335 e. The molecular weight excluding hydrogens is 299 g/mol. The van der Waals surface area contributed by atoms with Crippen LogP contribution >= 0.6 is 0 Å². The quantitative estimate of drug-likeness (QED) is 0.508. The summed E-state index contributed by atoms with van der Waals surface area (Å²) in [6, 6.07) is 5.72. The zero-order valence-electron chi connectivity index (χ0n) is 12.9. The van der Waals surface area contributed by atoms with Gasteiger partial charge in [0.15, 0.2) is 5.54 Å². The van der Waals surface area contributed by atoms with Crippen LogP contribution in [0.1, 0.15) is 43.6 Å². The SMILES string of the molecule is CC1(C)N([O])C(c2ccc(C(=O)O)cc2)=[N+]([O-])C1(C)C.[K]. The van der Waals surface area contributed by atoms with E-state index in [1.807, 2.05) is 0 Å². The van der Waals surface area contributed by atoms with E-state index in [9.17, 15) is 15.2 Å². The number of benzene rings is 1. The molecule has 0 aromatic heterocycles. The van der Waals surface area contributed by atoms with Gasteiger partial charge in [-0.05, 0) is 52.0 Å². The number of rotatable bonds is 2. The number of hydrogen-bond acceptors (Lipinski definition) is 3. The van der Waals surface area contributed by atoms with Crippen molar-refractivity contribution < 1.29 is 19.8 Å². The summed E-state index contributed by atoms with van der Waals surface area (Å²) >= 11 is 0. The zero-order valence-corrected chi connectivity index (χ0v) is 16.0. The van der Waals surface area contributed by atoms with Gasteiger partial charge in [0.2, 0.25) is 0 Å². The van der Waals surface area contributed by atoms with Crippen molar-refractivity contribution in [2.24, 2.45) is 0 Å². The van der Waals surface area contributed by atoms with E-state index in [2.05, 4.69) is 0 Å². The molecule has 21 heavy (non-hydrogen) atoms. The van der Waals surface area contributed by atoms with E-state index in [4.69, 9.17) is 5.11 Å². The third-order valence-electron chi connectivity index (χ3n) is 4.29. The van der Waals surface area contributed by atoms with Crippen molar-refractivity contribution in [2.45, 2.75) is 38.8 Å². The van der Waals surface area contributed by atoms with E-state index in [1.54, 1.807) is 27.7 Å². The fourth-order valence-electron chi connectivity index (χ4n) is 2.11. The van der Waals surface area contributed by atoms with E-state index >= 15 is 0 Å². The van der Waals surface area contributed by atoms with Crippen molar-refractivity contribution >= 4 is 63.2 Å². The van der Waals surface area contributed by atoms with Crippen LogP contribution < -0.4 is 0 Å². The van der Waals surface area contributed by atoms with Crippen LogP contribution in [0.3, 0.4) is 0 Å². The molecule has 0 bridgehead atoms. The molecule has 2 radical (unpaired) electrons. The summed E-state index contributed by atoms with van der Waals surface area (Å²) in [5, 5.41) is 34.4. The van der Waals surface area contributed by atoms with E-state index in [0.717, 1.165) is 0 Å². The van der Waals surface area contributed by atoms with Gasteiger partial charge in [0.25, 0.3) is 0 Å². The Hall–Kier alpha value is -0.444. The number of amidine groups is 1. The number of carboxylic acid groups (broad SMARTS) is 1. The molecule has 1 N–H and O–H groups in total. The molecule has 6 nitrogen and oxygen atoms in total. The molecule has 7 heteroatoms. The second kappa shape index (κ2) is 5.98. The second-order valence-electron chi connectivity index (χ2n) is 5.91. The molecule has 2 rings (SSSR count). The molecule has 0 amide bonds. The van der Waals surface area contributed by atoms with Gasteiger partial charge in [0.1, 0.15) is 5.54 Å². The Bertz CT molecular complexity index is 593. The maximum absolute atomic E-state index is 12.4. The third kappa shape index (κ3) is 2.78. The number of nitrogens with zero attached hydrogens (tertiary/aromatic N) is 2. The van der Waals surface area contributed by atoms with Gasteiger partial charge in [-0.2, -0.15) is 0 Å². The van der Waals surface area contributed by atoms with E-state index < -0.39 is 17.0 Å². The first-order chi connectivity index (χ1) is 9.10. The van der Waals surface area contributed by atoms with Crippen LogP contribution in [0.5, 0.6) is 0 Å². The monoisotopic (exact) mass is 316 g/mol. The largest absolute Gasteiger partial charge is 0.714 e. The van der Waals surface area contributed by atoms with Crippen molar-refractivity contribution in [1.29, 1.82) is 0 Å². The second-order valence-corrected chi connectivity index (χ2v) is 5.91. The molecule has 0 saturated heterocycles. The summed E-state index contributed by atoms with van der Waals surface area (Å²) in [5.41, 5.74) is -1.23. The molecular formula is C14H17KN2O4. The average molecular weight is 316 g/mol. The summed E-state index contributed by atoms with van der Waals surface area (Å²) in [5.74, 6) is -1.04. The minimum Gasteiger partial charge on any atom is -0.714 e. The van der Waals surface area contributed by atoms with Crippen LogP contribution in [-0.2, 0) is 5.21 Å². The van der Waals surface area contributed by atoms with Gasteiger partial charge >= 0.3 is 11.8 Å². The Morgan fingerprint density at radius 2 is 1.67 bits per heavy atom. The predicted molar refractivity (Wildman–Crippen MR) is 77.6 cm³/mol. The molecule has 1 aliphatic rings. The first-order valence-electron chi connectivity index (χ1n) is 6.26. The summed E-state index contributed by atoms with van der Waals surface area (Å²) in [7, 11) is 0. The van der Waals surface area contributed by atoms with Gasteiger partial charge in [-0.15, -0.1) is 0 Å². The van der Waals surface area contributed by atoms with Crippen molar-refractivity contribution in [1.82, 2.24) is 5.06 Å². The Labute approximate surface area is 166 Å². The van der Waals surface area contributed by atoms with Crippen LogP contribution in [0.2, 0.25) is 0 Å². The topological polar surface area (TPSA) is 86.5 Å². The molecule has 0 fully saturated rings. The van der Waals surface area contributed by atoms with Gasteiger partial charge in [0, 0.05) is 56.6 Å². The van der Waals surface area contributed by atoms with Gasteiger partial charge in [0.05, 0.1) is 11.1 Å². The molecule has 0 atom stereocenters. The van der Waals surface area contributed by atoms with Gasteiger partial charge in [-0.25, -0.2) is 4.79 Å². The maximum atomic E-state index is 12.4. The van der Waals surface area contributed by atoms with E-state index in [-0.39, 0.29) is 62.8 Å². The number of aromatic carboxylic acids is 1. The van der Waals surface area contributed by atoms with Crippen LogP contribution in [0, 0.1) is 5.21 Å². The molecule has 1 aromatic rings. The molecule has 108 valence electrons. The number of hydroxylamine groups is 3. The van der Waals surface area contributed by atoms with Crippen molar-refractivity contribution in [2.75, 3.05) is 0 Å². The Balaban J connectivity index is 0.00000220. The Kier molecular flexibility index (Phi) is 5.30. The standard InChI is InChI=1S/C14H17N2O4.K/c1-13(2)14(3,4)16(20)11(15(13)19)9-5-7-10(8-6-9)12(17)18;/h5-8H,1-4H3,(H,17,18);. The first kappa shape index (κ1) is 18.6. The Morgan fingerprint density at radius 3 is 2.00 bits per heavy atom. The third-order valence-corrected chi connectivity index (χ3v) is 4.29. The van der Waals surface area contributed by atoms with E-state index in [1.165, 1.54) is 24.3 Å². The zero-order chi connectivity index (χ0) is 15.3. The Morgan fingerprint density at radius 1 is 1.19 bits per heavy atom. The fraction of sp³-hybridized carbons (Fsp3) is 0.429. The fourth-order valence-corrected chi connectivity index (χ4v) is 2.11. The van der Waals surface area contributed by atoms with Crippen LogP contribution in [0.25, 0.3) is 0 Å². The number of carbonyl (C=O) groups is 1. The van der Waals surface area contributed by atoms with E-state index in [0.29, 0.717) is 15.4 Å². The van der Waals surface area contributed by atoms with Gasteiger partial charge in [-0.3, -0.25) is 4.74 Å². The molecule has 0 aliphatic carbocycles. The molecule has 0 saturated carbocycles. The summed E-state index contributed by atoms with van der Waals surface area (Å²) in [6.45, 7) is 6.85. The summed E-state index contributed by atoms with van der Waals surface area (Å²) in [6.07, 6.45) is 0. The molecule has 1 aromatic carbocycles. The minimum atomic E-state index is -1.05. The molecule has 0 unspecified atom stereocenters. The maximum Gasteiger partial charge on any atom is 0.335 e. The number of hydrogen-bond donors (Lipinski definition) is 1.